The van der Waals surface area contributed by atoms with Crippen molar-refractivity contribution in [2.24, 2.45) is 5.73 Å². The second-order valence-corrected chi connectivity index (χ2v) is 3.73. The summed E-state index contributed by atoms with van der Waals surface area (Å²) in [6.45, 7) is 0.0279. The number of hydrogen-bond acceptors (Lipinski definition) is 2. The molecular weight excluding hydrogens is 239 g/mol. The fraction of sp³-hybridized carbons (Fsp3) is 0.111. The third-order valence-electron chi connectivity index (χ3n) is 1.60. The van der Waals surface area contributed by atoms with E-state index in [1.165, 1.54) is 12.1 Å². The van der Waals surface area contributed by atoms with Gasteiger partial charge in [-0.05, 0) is 18.2 Å². The van der Waals surface area contributed by atoms with E-state index in [9.17, 15) is 9.18 Å². The van der Waals surface area contributed by atoms with Crippen molar-refractivity contribution >= 4 is 34.7 Å². The Labute approximate surface area is 96.4 Å². The molecule has 3 N–H and O–H groups in total. The zero-order valence-electron chi connectivity index (χ0n) is 7.59. The first-order valence-corrected chi connectivity index (χ1v) is 4.81. The van der Waals surface area contributed by atoms with Crippen LogP contribution in [0.15, 0.2) is 18.2 Å². The summed E-state index contributed by atoms with van der Waals surface area (Å²) in [4.78, 5) is 11.5. The minimum atomic E-state index is -0.639. The lowest BCUT2D eigenvalue weighted by Crippen LogP contribution is -2.32. The second kappa shape index (κ2) is 5.04. The van der Waals surface area contributed by atoms with Gasteiger partial charge in [-0.15, -0.1) is 0 Å². The molecule has 0 aliphatic rings. The van der Waals surface area contributed by atoms with Gasteiger partial charge in [-0.3, -0.25) is 4.79 Å². The van der Waals surface area contributed by atoms with E-state index in [0.29, 0.717) is 0 Å². The monoisotopic (exact) mass is 246 g/mol. The average Bonchev–Trinajstić information content (AvgIpc) is 2.18. The molecule has 0 aromatic heterocycles. The van der Waals surface area contributed by atoms with Gasteiger partial charge in [-0.1, -0.05) is 23.8 Å². The molecule has 0 saturated heterocycles. The van der Waals surface area contributed by atoms with Crippen LogP contribution in [0.5, 0.6) is 0 Å². The van der Waals surface area contributed by atoms with Crippen LogP contribution in [0.2, 0.25) is 5.02 Å². The van der Waals surface area contributed by atoms with Gasteiger partial charge in [0.15, 0.2) is 0 Å². The van der Waals surface area contributed by atoms with E-state index < -0.39 is 11.7 Å². The number of carbonyl (C=O) groups excluding carboxylic acids is 1. The lowest BCUT2D eigenvalue weighted by molar-refractivity contribution is 0.0955. The Hall–Kier alpha value is -1.20. The molecule has 6 heteroatoms. The van der Waals surface area contributed by atoms with Gasteiger partial charge in [0.25, 0.3) is 5.91 Å². The highest BCUT2D eigenvalue weighted by Crippen LogP contribution is 2.14. The summed E-state index contributed by atoms with van der Waals surface area (Å²) in [6.07, 6.45) is 0. The average molecular weight is 247 g/mol. The second-order valence-electron chi connectivity index (χ2n) is 2.77. The zero-order chi connectivity index (χ0) is 11.4. The number of carbonyl (C=O) groups is 1. The van der Waals surface area contributed by atoms with E-state index in [1.54, 1.807) is 0 Å². The quantitative estimate of drug-likeness (QED) is 0.795. The van der Waals surface area contributed by atoms with Crippen molar-refractivity contribution < 1.29 is 9.18 Å². The summed E-state index contributed by atoms with van der Waals surface area (Å²) in [5.74, 6) is -1.23. The lowest BCUT2D eigenvalue weighted by atomic mass is 10.2. The molecule has 0 spiro atoms. The van der Waals surface area contributed by atoms with Crippen LogP contribution in [0.25, 0.3) is 0 Å². The number of nitrogens with two attached hydrogens (primary N) is 1. The number of thiocarbonyl (C=S) groups is 1. The highest BCUT2D eigenvalue weighted by atomic mass is 35.5. The van der Waals surface area contributed by atoms with Crippen molar-refractivity contribution in [2.45, 2.75) is 0 Å². The van der Waals surface area contributed by atoms with Gasteiger partial charge in [0.1, 0.15) is 5.82 Å². The predicted molar refractivity (Wildman–Crippen MR) is 60.5 cm³/mol. The Morgan fingerprint density at radius 1 is 1.60 bits per heavy atom. The van der Waals surface area contributed by atoms with Crippen molar-refractivity contribution in [3.63, 3.8) is 0 Å². The Bertz CT molecular complexity index is 411. The standard InChI is InChI=1S/C9H8ClFN2OS/c10-5-1-2-7(11)6(3-5)9(14)13-4-8(12)15/h1-3H,4H2,(H2,12,15)(H,13,14). The highest BCUT2D eigenvalue weighted by molar-refractivity contribution is 7.80. The van der Waals surface area contributed by atoms with Crippen molar-refractivity contribution in [3.8, 4) is 0 Å². The van der Waals surface area contributed by atoms with Crippen LogP contribution in [0, 0.1) is 5.82 Å². The van der Waals surface area contributed by atoms with Gasteiger partial charge in [-0.25, -0.2) is 4.39 Å². The molecule has 0 radical (unpaired) electrons. The molecule has 1 aromatic carbocycles. The molecule has 1 aromatic rings. The molecular formula is C9H8ClFN2OS. The van der Waals surface area contributed by atoms with E-state index >= 15 is 0 Å². The fourth-order valence-electron chi connectivity index (χ4n) is 0.934. The van der Waals surface area contributed by atoms with Crippen LogP contribution in [-0.2, 0) is 0 Å². The van der Waals surface area contributed by atoms with E-state index in [-0.39, 0.29) is 22.1 Å². The number of rotatable bonds is 3. The first-order valence-electron chi connectivity index (χ1n) is 4.02. The van der Waals surface area contributed by atoms with E-state index in [0.717, 1.165) is 6.07 Å². The smallest absolute Gasteiger partial charge is 0.254 e. The fourth-order valence-corrected chi connectivity index (χ4v) is 1.18. The van der Waals surface area contributed by atoms with Gasteiger partial charge in [-0.2, -0.15) is 0 Å². The number of hydrogen-bond donors (Lipinski definition) is 2. The summed E-state index contributed by atoms with van der Waals surface area (Å²) < 4.78 is 13.2. The van der Waals surface area contributed by atoms with Crippen LogP contribution in [0.3, 0.4) is 0 Å². The molecule has 0 heterocycles. The summed E-state index contributed by atoms with van der Waals surface area (Å²) >= 11 is 10.2. The van der Waals surface area contributed by atoms with E-state index in [4.69, 9.17) is 17.3 Å². The summed E-state index contributed by atoms with van der Waals surface area (Å²) in [7, 11) is 0. The Morgan fingerprint density at radius 2 is 2.27 bits per heavy atom. The van der Waals surface area contributed by atoms with Crippen LogP contribution < -0.4 is 11.1 Å². The molecule has 1 rings (SSSR count). The van der Waals surface area contributed by atoms with Gasteiger partial charge in [0, 0.05) is 5.02 Å². The predicted octanol–water partition coefficient (Wildman–Crippen LogP) is 1.50. The summed E-state index contributed by atoms with van der Waals surface area (Å²) in [6, 6.07) is 3.73. The maximum Gasteiger partial charge on any atom is 0.254 e. The third kappa shape index (κ3) is 3.45. The normalized spacial score (nSPS) is 9.73. The largest absolute Gasteiger partial charge is 0.392 e. The molecule has 0 atom stereocenters. The maximum absolute atomic E-state index is 13.2. The number of nitrogens with one attached hydrogen (secondary N) is 1. The number of benzene rings is 1. The molecule has 1 amide bonds. The lowest BCUT2D eigenvalue weighted by Gasteiger charge is -2.05. The van der Waals surface area contributed by atoms with E-state index in [2.05, 4.69) is 17.5 Å². The minimum Gasteiger partial charge on any atom is -0.392 e. The van der Waals surface area contributed by atoms with Crippen molar-refractivity contribution in [1.29, 1.82) is 0 Å². The number of halogens is 2. The third-order valence-corrected chi connectivity index (χ3v) is 1.98. The topological polar surface area (TPSA) is 55.1 Å². The Morgan fingerprint density at radius 3 is 2.87 bits per heavy atom. The molecule has 80 valence electrons. The summed E-state index contributed by atoms with van der Waals surface area (Å²) in [5.41, 5.74) is 5.06. The van der Waals surface area contributed by atoms with E-state index in [1.807, 2.05) is 0 Å². The molecule has 15 heavy (non-hydrogen) atoms. The van der Waals surface area contributed by atoms with Crippen molar-refractivity contribution in [1.82, 2.24) is 5.32 Å². The van der Waals surface area contributed by atoms with Gasteiger partial charge >= 0.3 is 0 Å². The molecule has 0 unspecified atom stereocenters. The first-order chi connectivity index (χ1) is 7.00. The van der Waals surface area contributed by atoms with Crippen LogP contribution in [0.1, 0.15) is 10.4 Å². The summed E-state index contributed by atoms with van der Waals surface area (Å²) in [5, 5.41) is 2.65. The molecule has 0 saturated carbocycles. The Kier molecular flexibility index (Phi) is 3.99. The highest BCUT2D eigenvalue weighted by Gasteiger charge is 2.11. The van der Waals surface area contributed by atoms with Crippen LogP contribution in [0.4, 0.5) is 4.39 Å². The number of amides is 1. The molecule has 0 bridgehead atoms. The molecule has 0 aliphatic carbocycles. The van der Waals surface area contributed by atoms with Crippen LogP contribution in [-0.4, -0.2) is 17.4 Å². The minimum absolute atomic E-state index is 0.0279. The first kappa shape index (κ1) is 11.9. The van der Waals surface area contributed by atoms with Crippen molar-refractivity contribution in [2.75, 3.05) is 6.54 Å². The Balaban J connectivity index is 2.81. The van der Waals surface area contributed by atoms with Crippen molar-refractivity contribution in [3.05, 3.63) is 34.6 Å². The SMILES string of the molecule is NC(=S)CNC(=O)c1cc(Cl)ccc1F. The molecule has 0 fully saturated rings. The maximum atomic E-state index is 13.2. The van der Waals surface area contributed by atoms with Gasteiger partial charge in [0.2, 0.25) is 0 Å². The zero-order valence-corrected chi connectivity index (χ0v) is 9.16. The van der Waals surface area contributed by atoms with Crippen LogP contribution >= 0.6 is 23.8 Å². The molecule has 0 aliphatic heterocycles. The molecule has 3 nitrogen and oxygen atoms in total. The van der Waals surface area contributed by atoms with Gasteiger partial charge < -0.3 is 11.1 Å². The van der Waals surface area contributed by atoms with Gasteiger partial charge in [0.05, 0.1) is 17.1 Å².